The van der Waals surface area contributed by atoms with Gasteiger partial charge in [0.25, 0.3) is 0 Å². The zero-order valence-corrected chi connectivity index (χ0v) is 18.4. The molecule has 0 amide bonds. The minimum atomic E-state index is -0.212. The van der Waals surface area contributed by atoms with Gasteiger partial charge < -0.3 is 14.5 Å². The zero-order chi connectivity index (χ0) is 22.8. The molecule has 0 bridgehead atoms. The van der Waals surface area contributed by atoms with Gasteiger partial charge in [-0.25, -0.2) is 4.39 Å². The van der Waals surface area contributed by atoms with E-state index in [-0.39, 0.29) is 11.6 Å². The summed E-state index contributed by atoms with van der Waals surface area (Å²) in [6.45, 7) is 2.66. The number of carbonyl (C=O) groups excluding carboxylic acids is 1. The molecule has 3 aromatic carbocycles. The van der Waals surface area contributed by atoms with Gasteiger partial charge in [-0.1, -0.05) is 30.3 Å². The highest BCUT2D eigenvalue weighted by Gasteiger charge is 2.25. The van der Waals surface area contributed by atoms with E-state index in [0.717, 1.165) is 16.6 Å². The molecule has 0 N–H and O–H groups in total. The lowest BCUT2D eigenvalue weighted by molar-refractivity contribution is 0.103. The van der Waals surface area contributed by atoms with Crippen molar-refractivity contribution >= 4 is 28.1 Å². The normalized spacial score (nSPS) is 13.9. The highest BCUT2D eigenvalue weighted by Crippen LogP contribution is 2.33. The molecule has 1 aliphatic heterocycles. The van der Waals surface area contributed by atoms with Crippen LogP contribution in [0.2, 0.25) is 0 Å². The summed E-state index contributed by atoms with van der Waals surface area (Å²) in [7, 11) is 1.60. The number of carbonyl (C=O) groups is 1. The molecule has 1 saturated heterocycles. The predicted molar refractivity (Wildman–Crippen MR) is 129 cm³/mol. The highest BCUT2D eigenvalue weighted by molar-refractivity contribution is 6.16. The van der Waals surface area contributed by atoms with Gasteiger partial charge in [0.05, 0.1) is 29.6 Å². The van der Waals surface area contributed by atoms with Crippen LogP contribution in [0.1, 0.15) is 15.9 Å². The molecule has 0 aliphatic carbocycles. The van der Waals surface area contributed by atoms with Crippen LogP contribution in [0.5, 0.6) is 5.75 Å². The number of aromatic nitrogens is 1. The molecule has 1 aromatic heterocycles. The van der Waals surface area contributed by atoms with Crippen LogP contribution in [0.3, 0.4) is 0 Å². The largest absolute Gasteiger partial charge is 0.497 e. The van der Waals surface area contributed by atoms with Crippen LogP contribution in [0.25, 0.3) is 10.9 Å². The summed E-state index contributed by atoms with van der Waals surface area (Å²) in [6.07, 6.45) is 1.67. The van der Waals surface area contributed by atoms with E-state index in [9.17, 15) is 9.18 Å². The van der Waals surface area contributed by atoms with E-state index in [1.807, 2.05) is 36.4 Å². The first-order valence-electron chi connectivity index (χ1n) is 11.0. The second-order valence-electron chi connectivity index (χ2n) is 8.02. The molecule has 1 aliphatic rings. The maximum Gasteiger partial charge on any atom is 0.196 e. The molecule has 0 atom stereocenters. The first-order valence-corrected chi connectivity index (χ1v) is 11.0. The van der Waals surface area contributed by atoms with Crippen molar-refractivity contribution in [1.29, 1.82) is 0 Å². The topological polar surface area (TPSA) is 45.7 Å². The Morgan fingerprint density at radius 3 is 2.27 bits per heavy atom. The third kappa shape index (κ3) is 4.00. The van der Waals surface area contributed by atoms with Gasteiger partial charge in [0, 0.05) is 43.3 Å². The number of anilines is 2. The lowest BCUT2D eigenvalue weighted by atomic mass is 9.99. The summed E-state index contributed by atoms with van der Waals surface area (Å²) >= 11 is 0. The quantitative estimate of drug-likeness (QED) is 0.411. The maximum atomic E-state index is 14.3. The average molecular weight is 442 g/mol. The highest BCUT2D eigenvalue weighted by atomic mass is 19.1. The van der Waals surface area contributed by atoms with Crippen LogP contribution in [-0.4, -0.2) is 44.1 Å². The maximum absolute atomic E-state index is 14.3. The lowest BCUT2D eigenvalue weighted by Gasteiger charge is -2.38. The molecular formula is C27H24FN3O2. The van der Waals surface area contributed by atoms with E-state index in [1.54, 1.807) is 43.6 Å². The second kappa shape index (κ2) is 8.90. The number of hydrogen-bond donors (Lipinski definition) is 0. The van der Waals surface area contributed by atoms with Crippen molar-refractivity contribution in [1.82, 2.24) is 4.98 Å². The van der Waals surface area contributed by atoms with Gasteiger partial charge in [-0.2, -0.15) is 0 Å². The van der Waals surface area contributed by atoms with Gasteiger partial charge in [-0.15, -0.1) is 0 Å². The second-order valence-corrected chi connectivity index (χ2v) is 8.02. The molecule has 0 radical (unpaired) electrons. The summed E-state index contributed by atoms with van der Waals surface area (Å²) in [5.41, 5.74) is 3.49. The van der Waals surface area contributed by atoms with E-state index in [4.69, 9.17) is 4.74 Å². The smallest absolute Gasteiger partial charge is 0.196 e. The number of methoxy groups -OCH3 is 1. The number of para-hydroxylation sites is 2. The van der Waals surface area contributed by atoms with Crippen molar-refractivity contribution in [2.24, 2.45) is 0 Å². The number of nitrogens with zero attached hydrogens (tertiary/aromatic N) is 3. The van der Waals surface area contributed by atoms with E-state index < -0.39 is 0 Å². The van der Waals surface area contributed by atoms with Gasteiger partial charge in [0.15, 0.2) is 5.78 Å². The van der Waals surface area contributed by atoms with Gasteiger partial charge >= 0.3 is 0 Å². The van der Waals surface area contributed by atoms with E-state index in [0.29, 0.717) is 48.7 Å². The number of ketones is 1. The standard InChI is InChI=1S/C27H24FN3O2/c1-33-20-12-10-19(11-13-20)27(32)22-18-29-24-8-4-2-6-21(24)26(22)31-16-14-30(15-17-31)25-9-5-3-7-23(25)28/h2-13,18H,14-17H2,1H3. The van der Waals surface area contributed by atoms with Crippen molar-refractivity contribution < 1.29 is 13.9 Å². The molecule has 5 rings (SSSR count). The number of rotatable bonds is 5. The number of hydrogen-bond acceptors (Lipinski definition) is 5. The van der Waals surface area contributed by atoms with Crippen molar-refractivity contribution in [3.05, 3.63) is 95.9 Å². The Morgan fingerprint density at radius 1 is 0.879 bits per heavy atom. The molecule has 0 unspecified atom stereocenters. The number of halogens is 1. The zero-order valence-electron chi connectivity index (χ0n) is 18.4. The fourth-order valence-electron chi connectivity index (χ4n) is 4.41. The van der Waals surface area contributed by atoms with Crippen LogP contribution in [-0.2, 0) is 0 Å². The summed E-state index contributed by atoms with van der Waals surface area (Å²) in [5, 5.41) is 0.941. The first-order chi connectivity index (χ1) is 16.2. The van der Waals surface area contributed by atoms with Crippen molar-refractivity contribution in [3.8, 4) is 5.75 Å². The minimum Gasteiger partial charge on any atom is -0.497 e. The van der Waals surface area contributed by atoms with Crippen LogP contribution >= 0.6 is 0 Å². The monoisotopic (exact) mass is 441 g/mol. The first kappa shape index (κ1) is 20.9. The average Bonchev–Trinajstić information content (AvgIpc) is 2.88. The van der Waals surface area contributed by atoms with E-state index >= 15 is 0 Å². The van der Waals surface area contributed by atoms with Crippen LogP contribution in [0.15, 0.2) is 79.0 Å². The number of pyridine rings is 1. The molecule has 1 fully saturated rings. The van der Waals surface area contributed by atoms with Crippen molar-refractivity contribution in [3.63, 3.8) is 0 Å². The van der Waals surface area contributed by atoms with Crippen LogP contribution in [0.4, 0.5) is 15.8 Å². The Hall–Kier alpha value is -3.93. The third-order valence-corrected chi connectivity index (χ3v) is 6.13. The fraction of sp³-hybridized carbons (Fsp3) is 0.185. The molecule has 6 heteroatoms. The summed E-state index contributed by atoms with van der Waals surface area (Å²) in [6, 6.07) is 21.8. The minimum absolute atomic E-state index is 0.0811. The Bertz CT molecular complexity index is 1300. The van der Waals surface area contributed by atoms with Gasteiger partial charge in [0.1, 0.15) is 11.6 Å². The lowest BCUT2D eigenvalue weighted by Crippen LogP contribution is -2.47. The SMILES string of the molecule is COc1ccc(C(=O)c2cnc3ccccc3c2N2CCN(c3ccccc3F)CC2)cc1. The molecule has 4 aromatic rings. The molecule has 0 spiro atoms. The van der Waals surface area contributed by atoms with Gasteiger partial charge in [0.2, 0.25) is 0 Å². The van der Waals surface area contributed by atoms with Gasteiger partial charge in [-0.3, -0.25) is 9.78 Å². The Morgan fingerprint density at radius 2 is 1.55 bits per heavy atom. The Labute approximate surface area is 192 Å². The van der Waals surface area contributed by atoms with E-state index in [2.05, 4.69) is 14.8 Å². The van der Waals surface area contributed by atoms with Crippen molar-refractivity contribution in [2.75, 3.05) is 43.1 Å². The van der Waals surface area contributed by atoms with Crippen molar-refractivity contribution in [2.45, 2.75) is 0 Å². The molecule has 2 heterocycles. The van der Waals surface area contributed by atoms with Crippen LogP contribution < -0.4 is 14.5 Å². The van der Waals surface area contributed by atoms with E-state index in [1.165, 1.54) is 6.07 Å². The molecule has 5 nitrogen and oxygen atoms in total. The Balaban J connectivity index is 1.50. The summed E-state index contributed by atoms with van der Waals surface area (Å²) in [5.74, 6) is 0.408. The molecule has 0 saturated carbocycles. The fourth-order valence-corrected chi connectivity index (χ4v) is 4.41. The summed E-state index contributed by atoms with van der Waals surface area (Å²) in [4.78, 5) is 22.4. The Kier molecular flexibility index (Phi) is 5.65. The summed E-state index contributed by atoms with van der Waals surface area (Å²) < 4.78 is 19.5. The van der Waals surface area contributed by atoms with Gasteiger partial charge in [-0.05, 0) is 42.5 Å². The third-order valence-electron chi connectivity index (χ3n) is 6.13. The number of benzene rings is 3. The number of fused-ring (bicyclic) bond motifs is 1. The molecule has 33 heavy (non-hydrogen) atoms. The number of piperazine rings is 1. The molecule has 166 valence electrons. The van der Waals surface area contributed by atoms with Crippen LogP contribution in [0, 0.1) is 5.82 Å². The predicted octanol–water partition coefficient (Wildman–Crippen LogP) is 4.94. The molecular weight excluding hydrogens is 417 g/mol. The number of ether oxygens (including phenoxy) is 1.